The van der Waals surface area contributed by atoms with Gasteiger partial charge < -0.3 is 10.0 Å². The number of likely N-dealkylation sites (N-methyl/N-ethyl adjacent to an activating group) is 1. The second kappa shape index (κ2) is 6.08. The van der Waals surface area contributed by atoms with Crippen LogP contribution in [0.1, 0.15) is 48.3 Å². The van der Waals surface area contributed by atoms with Gasteiger partial charge in [0.2, 0.25) is 0 Å². The summed E-state index contributed by atoms with van der Waals surface area (Å²) >= 11 is 0. The first-order valence-corrected chi connectivity index (χ1v) is 7.89. The second-order valence-corrected chi connectivity index (χ2v) is 6.45. The highest BCUT2D eigenvalue weighted by molar-refractivity contribution is 5.84. The molecule has 1 aliphatic carbocycles. The summed E-state index contributed by atoms with van der Waals surface area (Å²) in [6, 6.07) is 3.88. The maximum Gasteiger partial charge on any atom is 0.409 e. The molecule has 0 spiro atoms. The molecule has 0 saturated heterocycles. The van der Waals surface area contributed by atoms with E-state index in [9.17, 15) is 9.59 Å². The van der Waals surface area contributed by atoms with Crippen molar-refractivity contribution in [2.45, 2.75) is 44.6 Å². The lowest BCUT2D eigenvalue weighted by Gasteiger charge is -2.31. The number of fused-ring (bicyclic) bond motifs is 1. The van der Waals surface area contributed by atoms with E-state index in [0.29, 0.717) is 24.3 Å². The zero-order valence-corrected chi connectivity index (χ0v) is 12.9. The fraction of sp³-hybridized carbons (Fsp3) is 0.529. The number of hydrogen-bond acceptors (Lipinski definition) is 3. The molecule has 1 fully saturated rings. The molecule has 22 heavy (non-hydrogen) atoms. The Kier molecular flexibility index (Phi) is 4.16. The van der Waals surface area contributed by atoms with Crippen LogP contribution >= 0.6 is 0 Å². The Balaban J connectivity index is 2.00. The van der Waals surface area contributed by atoms with Crippen molar-refractivity contribution in [2.24, 2.45) is 0 Å². The average Bonchev–Trinajstić information content (AvgIpc) is 2.45. The number of carboxylic acid groups (broad SMARTS) is 1. The first-order valence-electron chi connectivity index (χ1n) is 7.89. The van der Waals surface area contributed by atoms with Gasteiger partial charge in [-0.25, -0.2) is 4.79 Å². The summed E-state index contributed by atoms with van der Waals surface area (Å²) in [4.78, 5) is 25.0. The van der Waals surface area contributed by atoms with Crippen LogP contribution < -0.4 is 5.32 Å². The fourth-order valence-corrected chi connectivity index (χ4v) is 3.72. The Hall–Kier alpha value is -1.88. The molecule has 1 aliphatic heterocycles. The van der Waals surface area contributed by atoms with Gasteiger partial charge in [-0.3, -0.25) is 10.1 Å². The van der Waals surface area contributed by atoms with E-state index in [1.807, 2.05) is 12.1 Å². The van der Waals surface area contributed by atoms with E-state index < -0.39 is 6.09 Å². The zero-order chi connectivity index (χ0) is 15.7. The van der Waals surface area contributed by atoms with Crippen LogP contribution in [0.4, 0.5) is 10.5 Å². The van der Waals surface area contributed by atoms with Crippen molar-refractivity contribution in [3.05, 3.63) is 28.8 Å². The van der Waals surface area contributed by atoms with E-state index in [0.717, 1.165) is 32.4 Å². The van der Waals surface area contributed by atoms with Gasteiger partial charge in [0.15, 0.2) is 0 Å². The van der Waals surface area contributed by atoms with Gasteiger partial charge in [-0.1, -0.05) is 0 Å². The number of nitrogens with one attached hydrogen (secondary N) is 1. The maximum atomic E-state index is 11.8. The third kappa shape index (κ3) is 3.14. The number of hydrogen-bond donors (Lipinski definition) is 2. The zero-order valence-electron chi connectivity index (χ0n) is 12.9. The minimum atomic E-state index is -1.05. The molecule has 1 unspecified atom stereocenters. The van der Waals surface area contributed by atoms with Gasteiger partial charge in [-0.05, 0) is 61.1 Å². The summed E-state index contributed by atoms with van der Waals surface area (Å²) in [7, 11) is 2.07. The molecule has 3 rings (SSSR count). The number of carbonyl (C=O) groups is 2. The number of carbonyl (C=O) groups excluding carboxylic acids is 1. The predicted octanol–water partition coefficient (Wildman–Crippen LogP) is 2.99. The Morgan fingerprint density at radius 3 is 2.91 bits per heavy atom. The smallest absolute Gasteiger partial charge is 0.409 e. The molecule has 1 amide bonds. The van der Waals surface area contributed by atoms with E-state index in [1.165, 1.54) is 16.7 Å². The molecule has 1 heterocycles. The second-order valence-electron chi connectivity index (χ2n) is 6.45. The minimum Gasteiger partial charge on any atom is -0.465 e. The first-order chi connectivity index (χ1) is 10.5. The highest BCUT2D eigenvalue weighted by Crippen LogP contribution is 2.37. The van der Waals surface area contributed by atoms with Gasteiger partial charge in [0.25, 0.3) is 0 Å². The van der Waals surface area contributed by atoms with Crippen LogP contribution in [0.2, 0.25) is 0 Å². The first kappa shape index (κ1) is 15.0. The van der Waals surface area contributed by atoms with Gasteiger partial charge in [0.1, 0.15) is 5.78 Å². The number of benzene rings is 1. The van der Waals surface area contributed by atoms with Gasteiger partial charge in [0.05, 0.1) is 0 Å². The van der Waals surface area contributed by atoms with E-state index in [4.69, 9.17) is 5.11 Å². The number of nitrogens with zero attached hydrogens (tertiary/aromatic N) is 1. The van der Waals surface area contributed by atoms with Gasteiger partial charge in [0, 0.05) is 31.6 Å². The SMILES string of the molecule is CN1CCc2c(cc(NC(=O)O)cc2C2CCCC(=O)C2)C1. The van der Waals surface area contributed by atoms with Gasteiger partial charge >= 0.3 is 6.09 Å². The molecular weight excluding hydrogens is 280 g/mol. The number of ketones is 1. The Labute approximate surface area is 130 Å². The maximum absolute atomic E-state index is 11.8. The van der Waals surface area contributed by atoms with Crippen LogP contribution in [0.15, 0.2) is 12.1 Å². The summed E-state index contributed by atoms with van der Waals surface area (Å²) in [6.07, 6.45) is 3.17. The molecule has 1 saturated carbocycles. The van der Waals surface area contributed by atoms with Crippen LogP contribution in [-0.4, -0.2) is 35.5 Å². The lowest BCUT2D eigenvalue weighted by atomic mass is 9.79. The van der Waals surface area contributed by atoms with E-state index in [2.05, 4.69) is 17.3 Å². The molecule has 2 N–H and O–H groups in total. The number of rotatable bonds is 2. The average molecular weight is 302 g/mol. The van der Waals surface area contributed by atoms with Crippen LogP contribution in [0.25, 0.3) is 0 Å². The molecule has 118 valence electrons. The molecule has 1 aromatic rings. The van der Waals surface area contributed by atoms with Crippen LogP contribution in [0.5, 0.6) is 0 Å². The lowest BCUT2D eigenvalue weighted by molar-refractivity contribution is -0.120. The standard InChI is InChI=1S/C17H22N2O3/c1-19-6-5-15-12(10-19)7-13(18-17(21)22)9-16(15)11-3-2-4-14(20)8-11/h7,9,11,18H,2-6,8,10H2,1H3,(H,21,22). The highest BCUT2D eigenvalue weighted by Gasteiger charge is 2.26. The Bertz CT molecular complexity index is 612. The summed E-state index contributed by atoms with van der Waals surface area (Å²) < 4.78 is 0. The Morgan fingerprint density at radius 2 is 2.18 bits per heavy atom. The summed E-state index contributed by atoms with van der Waals surface area (Å²) in [5.41, 5.74) is 4.32. The van der Waals surface area contributed by atoms with Gasteiger partial charge in [-0.15, -0.1) is 0 Å². The van der Waals surface area contributed by atoms with Crippen LogP contribution in [0, 0.1) is 0 Å². The summed E-state index contributed by atoms with van der Waals surface area (Å²) in [5, 5.41) is 11.5. The van der Waals surface area contributed by atoms with Crippen molar-refractivity contribution in [3.63, 3.8) is 0 Å². The summed E-state index contributed by atoms with van der Waals surface area (Å²) in [6.45, 7) is 1.84. The third-order valence-electron chi connectivity index (χ3n) is 4.73. The Morgan fingerprint density at radius 1 is 1.36 bits per heavy atom. The van der Waals surface area contributed by atoms with E-state index >= 15 is 0 Å². The lowest BCUT2D eigenvalue weighted by Crippen LogP contribution is -2.28. The van der Waals surface area contributed by atoms with Crippen LogP contribution in [0.3, 0.4) is 0 Å². The van der Waals surface area contributed by atoms with Crippen molar-refractivity contribution in [1.29, 1.82) is 0 Å². The van der Waals surface area contributed by atoms with Crippen molar-refractivity contribution in [1.82, 2.24) is 4.90 Å². The summed E-state index contributed by atoms with van der Waals surface area (Å²) in [5.74, 6) is 0.573. The number of Topliss-reactive ketones (excluding diaryl/α,β-unsaturated/α-hetero) is 1. The predicted molar refractivity (Wildman–Crippen MR) is 84.3 cm³/mol. The molecule has 1 aromatic carbocycles. The van der Waals surface area contributed by atoms with E-state index in [1.54, 1.807) is 0 Å². The molecule has 0 radical (unpaired) electrons. The molecule has 5 nitrogen and oxygen atoms in total. The monoisotopic (exact) mass is 302 g/mol. The van der Waals surface area contributed by atoms with Crippen molar-refractivity contribution in [3.8, 4) is 0 Å². The normalized spacial score (nSPS) is 22.2. The molecule has 5 heteroatoms. The largest absolute Gasteiger partial charge is 0.465 e. The topological polar surface area (TPSA) is 69.6 Å². The van der Waals surface area contributed by atoms with Crippen LogP contribution in [-0.2, 0) is 17.8 Å². The van der Waals surface area contributed by atoms with Crippen molar-refractivity contribution in [2.75, 3.05) is 18.9 Å². The third-order valence-corrected chi connectivity index (χ3v) is 4.73. The molecular formula is C17H22N2O3. The molecule has 0 bridgehead atoms. The quantitative estimate of drug-likeness (QED) is 0.881. The molecule has 1 atom stereocenters. The van der Waals surface area contributed by atoms with Crippen molar-refractivity contribution < 1.29 is 14.7 Å². The highest BCUT2D eigenvalue weighted by atomic mass is 16.4. The van der Waals surface area contributed by atoms with E-state index in [-0.39, 0.29) is 5.92 Å². The van der Waals surface area contributed by atoms with Crippen molar-refractivity contribution >= 4 is 17.6 Å². The number of amides is 1. The molecule has 0 aromatic heterocycles. The number of anilines is 1. The fourth-order valence-electron chi connectivity index (χ4n) is 3.72. The minimum absolute atomic E-state index is 0.244. The van der Waals surface area contributed by atoms with Gasteiger partial charge in [-0.2, -0.15) is 0 Å². The molecule has 2 aliphatic rings.